The van der Waals surface area contributed by atoms with Gasteiger partial charge in [0.1, 0.15) is 5.82 Å². The van der Waals surface area contributed by atoms with Gasteiger partial charge in [0.25, 0.3) is 0 Å². The van der Waals surface area contributed by atoms with Crippen LogP contribution in [-0.4, -0.2) is 5.78 Å². The Morgan fingerprint density at radius 1 is 0.826 bits per heavy atom. The number of ketones is 1. The zero-order valence-electron chi connectivity index (χ0n) is 12.9. The van der Waals surface area contributed by atoms with E-state index in [1.807, 2.05) is 42.5 Å². The molecule has 0 bridgehead atoms. The van der Waals surface area contributed by atoms with Crippen molar-refractivity contribution in [3.63, 3.8) is 0 Å². The lowest BCUT2D eigenvalue weighted by atomic mass is 9.98. The number of rotatable bonds is 4. The molecule has 0 atom stereocenters. The van der Waals surface area contributed by atoms with Crippen LogP contribution in [0.4, 0.5) is 4.39 Å². The van der Waals surface area contributed by atoms with Crippen LogP contribution in [0, 0.1) is 12.7 Å². The molecule has 23 heavy (non-hydrogen) atoms. The molecule has 0 aliphatic rings. The van der Waals surface area contributed by atoms with Crippen LogP contribution in [0.15, 0.2) is 72.8 Å². The van der Waals surface area contributed by atoms with Gasteiger partial charge in [-0.2, -0.15) is 0 Å². The fourth-order valence-corrected chi connectivity index (χ4v) is 2.56. The Labute approximate surface area is 135 Å². The summed E-state index contributed by atoms with van der Waals surface area (Å²) in [6, 6.07) is 22.3. The van der Waals surface area contributed by atoms with E-state index < -0.39 is 0 Å². The van der Waals surface area contributed by atoms with E-state index in [2.05, 4.69) is 12.1 Å². The highest BCUT2D eigenvalue weighted by molar-refractivity contribution is 6.09. The van der Waals surface area contributed by atoms with E-state index in [0.29, 0.717) is 16.7 Å². The summed E-state index contributed by atoms with van der Waals surface area (Å²) < 4.78 is 13.3. The second-order valence-electron chi connectivity index (χ2n) is 5.65. The third-order valence-electron chi connectivity index (χ3n) is 3.89. The Kier molecular flexibility index (Phi) is 4.33. The Balaban J connectivity index is 1.78. The van der Waals surface area contributed by atoms with Gasteiger partial charge in [0.2, 0.25) is 0 Å². The van der Waals surface area contributed by atoms with Crippen LogP contribution < -0.4 is 0 Å². The Morgan fingerprint density at radius 2 is 1.43 bits per heavy atom. The van der Waals surface area contributed by atoms with Crippen LogP contribution >= 0.6 is 0 Å². The van der Waals surface area contributed by atoms with Gasteiger partial charge < -0.3 is 0 Å². The monoisotopic (exact) mass is 304 g/mol. The lowest BCUT2D eigenvalue weighted by Crippen LogP contribution is -2.02. The summed E-state index contributed by atoms with van der Waals surface area (Å²) in [6.07, 6.45) is 0.838. The second-order valence-corrected chi connectivity index (χ2v) is 5.65. The minimum Gasteiger partial charge on any atom is -0.289 e. The van der Waals surface area contributed by atoms with Crippen LogP contribution in [0.5, 0.6) is 0 Å². The van der Waals surface area contributed by atoms with Crippen LogP contribution in [0.3, 0.4) is 0 Å². The third kappa shape index (κ3) is 3.54. The number of carbonyl (C=O) groups excluding carboxylic acids is 1. The van der Waals surface area contributed by atoms with Gasteiger partial charge in [-0.1, -0.05) is 54.6 Å². The van der Waals surface area contributed by atoms with Gasteiger partial charge in [0.15, 0.2) is 5.78 Å². The molecular weight excluding hydrogens is 287 g/mol. The summed E-state index contributed by atoms with van der Waals surface area (Å²) in [5.74, 6) is -0.376. The average molecular weight is 304 g/mol. The number of aryl methyl sites for hydroxylation is 1. The molecule has 0 aromatic heterocycles. The first-order valence-corrected chi connectivity index (χ1v) is 7.57. The van der Waals surface area contributed by atoms with Crippen molar-refractivity contribution in [1.82, 2.24) is 0 Å². The van der Waals surface area contributed by atoms with E-state index in [4.69, 9.17) is 0 Å². The summed E-state index contributed by atoms with van der Waals surface area (Å²) in [5, 5.41) is 0. The summed E-state index contributed by atoms with van der Waals surface area (Å²) in [5.41, 5.74) is 4.01. The van der Waals surface area contributed by atoms with Gasteiger partial charge in [0.05, 0.1) is 0 Å². The maximum absolute atomic E-state index is 13.3. The molecule has 0 N–H and O–H groups in total. The number of halogens is 1. The fourth-order valence-electron chi connectivity index (χ4n) is 2.56. The van der Waals surface area contributed by atoms with E-state index in [1.54, 1.807) is 13.0 Å². The van der Waals surface area contributed by atoms with Crippen LogP contribution in [0.1, 0.15) is 32.6 Å². The van der Waals surface area contributed by atoms with E-state index in [9.17, 15) is 9.18 Å². The summed E-state index contributed by atoms with van der Waals surface area (Å²) in [6.45, 7) is 1.66. The molecule has 0 unspecified atom stereocenters. The first-order valence-electron chi connectivity index (χ1n) is 7.57. The minimum atomic E-state index is -0.292. The first-order chi connectivity index (χ1) is 11.1. The largest absolute Gasteiger partial charge is 0.289 e. The zero-order valence-corrected chi connectivity index (χ0v) is 12.9. The smallest absolute Gasteiger partial charge is 0.193 e. The molecule has 0 heterocycles. The topological polar surface area (TPSA) is 17.1 Å². The van der Waals surface area contributed by atoms with Crippen molar-refractivity contribution in [2.45, 2.75) is 13.3 Å². The quantitative estimate of drug-likeness (QED) is 0.623. The zero-order chi connectivity index (χ0) is 16.2. The molecule has 0 amide bonds. The van der Waals surface area contributed by atoms with E-state index in [1.165, 1.54) is 17.7 Å². The molecule has 0 aliphatic heterocycles. The van der Waals surface area contributed by atoms with Gasteiger partial charge in [0, 0.05) is 11.1 Å². The van der Waals surface area contributed by atoms with Gasteiger partial charge in [-0.05, 0) is 48.2 Å². The molecule has 0 saturated heterocycles. The maximum Gasteiger partial charge on any atom is 0.193 e. The van der Waals surface area contributed by atoms with E-state index >= 15 is 0 Å². The third-order valence-corrected chi connectivity index (χ3v) is 3.89. The Hall–Kier alpha value is -2.74. The predicted octanol–water partition coefficient (Wildman–Crippen LogP) is 4.96. The fraction of sp³-hybridized carbons (Fsp3) is 0.0952. The molecule has 0 fully saturated rings. The summed E-state index contributed by atoms with van der Waals surface area (Å²) in [7, 11) is 0. The highest BCUT2D eigenvalue weighted by atomic mass is 19.1. The molecular formula is C21H17FO. The number of hydrogen-bond donors (Lipinski definition) is 0. The average Bonchev–Trinajstić information content (AvgIpc) is 2.58. The standard InChI is InChI=1S/C21H17FO/c1-15-13-19(11-12-20(15)22)21(23)18-9-7-17(8-10-18)14-16-5-3-2-4-6-16/h2-13H,14H2,1H3. The maximum atomic E-state index is 13.3. The summed E-state index contributed by atoms with van der Waals surface area (Å²) >= 11 is 0. The molecule has 114 valence electrons. The van der Waals surface area contributed by atoms with E-state index in [0.717, 1.165) is 12.0 Å². The second kappa shape index (κ2) is 6.57. The van der Waals surface area contributed by atoms with Crippen molar-refractivity contribution in [2.75, 3.05) is 0 Å². The Bertz CT molecular complexity index is 820. The molecule has 0 spiro atoms. The van der Waals surface area contributed by atoms with Gasteiger partial charge in [-0.25, -0.2) is 4.39 Å². The van der Waals surface area contributed by atoms with Gasteiger partial charge in [-0.15, -0.1) is 0 Å². The minimum absolute atomic E-state index is 0.0839. The molecule has 3 aromatic carbocycles. The molecule has 0 radical (unpaired) electrons. The van der Waals surface area contributed by atoms with Crippen molar-refractivity contribution in [3.8, 4) is 0 Å². The molecule has 0 saturated carbocycles. The van der Waals surface area contributed by atoms with Crippen LogP contribution in [-0.2, 0) is 6.42 Å². The van der Waals surface area contributed by atoms with Crippen molar-refractivity contribution < 1.29 is 9.18 Å². The molecule has 1 nitrogen and oxygen atoms in total. The van der Waals surface area contributed by atoms with Crippen molar-refractivity contribution >= 4 is 5.78 Å². The highest BCUT2D eigenvalue weighted by Crippen LogP contribution is 2.16. The van der Waals surface area contributed by atoms with E-state index in [-0.39, 0.29) is 11.6 Å². The SMILES string of the molecule is Cc1cc(C(=O)c2ccc(Cc3ccccc3)cc2)ccc1F. The molecule has 3 rings (SSSR count). The van der Waals surface area contributed by atoms with Gasteiger partial charge in [-0.3, -0.25) is 4.79 Å². The lowest BCUT2D eigenvalue weighted by Gasteiger charge is -2.06. The van der Waals surface area contributed by atoms with Crippen LogP contribution in [0.25, 0.3) is 0 Å². The Morgan fingerprint density at radius 3 is 2.09 bits per heavy atom. The molecule has 2 heteroatoms. The number of carbonyl (C=O) groups is 1. The van der Waals surface area contributed by atoms with Crippen molar-refractivity contribution in [2.24, 2.45) is 0 Å². The normalized spacial score (nSPS) is 10.5. The first kappa shape index (κ1) is 15.2. The van der Waals surface area contributed by atoms with Crippen LogP contribution in [0.2, 0.25) is 0 Å². The number of hydrogen-bond acceptors (Lipinski definition) is 1. The predicted molar refractivity (Wildman–Crippen MR) is 90.3 cm³/mol. The van der Waals surface area contributed by atoms with Crippen molar-refractivity contribution in [1.29, 1.82) is 0 Å². The lowest BCUT2D eigenvalue weighted by molar-refractivity contribution is 0.103. The highest BCUT2D eigenvalue weighted by Gasteiger charge is 2.10. The van der Waals surface area contributed by atoms with Crippen molar-refractivity contribution in [3.05, 3.63) is 106 Å². The van der Waals surface area contributed by atoms with Gasteiger partial charge >= 0.3 is 0 Å². The number of benzene rings is 3. The molecule has 3 aromatic rings. The summed E-state index contributed by atoms with van der Waals surface area (Å²) in [4.78, 5) is 12.5. The molecule has 0 aliphatic carbocycles.